The lowest BCUT2D eigenvalue weighted by Gasteiger charge is -2.36. The number of nitrogens with zero attached hydrogens (tertiary/aromatic N) is 4. The Morgan fingerprint density at radius 2 is 1.69 bits per heavy atom. The molecule has 9 nitrogen and oxygen atoms in total. The van der Waals surface area contributed by atoms with E-state index in [2.05, 4.69) is 15.0 Å². The van der Waals surface area contributed by atoms with Crippen molar-refractivity contribution in [1.29, 1.82) is 0 Å². The normalized spacial score (nSPS) is 19.2. The molecule has 2 aromatic carbocycles. The number of para-hydroxylation sites is 2. The number of ketones is 1. The first-order valence-electron chi connectivity index (χ1n) is 14.6. The van der Waals surface area contributed by atoms with Crippen molar-refractivity contribution >= 4 is 28.5 Å². The molecule has 2 amide bonds. The fourth-order valence-electron chi connectivity index (χ4n) is 6.34. The summed E-state index contributed by atoms with van der Waals surface area (Å²) in [6.45, 7) is 4.99. The van der Waals surface area contributed by atoms with E-state index in [0.717, 1.165) is 34.9 Å². The van der Waals surface area contributed by atoms with Gasteiger partial charge in [-0.1, -0.05) is 56.7 Å². The highest BCUT2D eigenvalue weighted by molar-refractivity contribution is 6.01. The third-order valence-corrected chi connectivity index (χ3v) is 8.93. The van der Waals surface area contributed by atoms with Crippen LogP contribution in [-0.4, -0.2) is 74.6 Å². The molecule has 0 radical (unpaired) electrons. The fraction of sp³-hybridized carbons (Fsp3) is 0.364. The number of carbonyl (C=O) groups excluding carboxylic acids is 3. The molecule has 4 atom stereocenters. The SMILES string of the molecule is CC[C@H](C)[C@H](CC(=O)c1cc2ccccc2[nH]1)C(=O)N1C[C@@H]2C[C@H]1CN2C(=O)c1ncc(-c2ccccc2OC)cn1. The maximum atomic E-state index is 13.9. The van der Waals surface area contributed by atoms with Gasteiger partial charge in [-0.25, -0.2) is 9.97 Å². The Morgan fingerprint density at radius 1 is 1.00 bits per heavy atom. The standard InChI is InChI=1S/C33H35N5O4/c1-4-20(2)26(15-29(39)28-13-21-9-5-7-11-27(21)36-28)32(40)37-18-24-14-23(37)19-38(24)33(41)31-34-16-22(17-35-31)25-10-6-8-12-30(25)42-3/h5-13,16-17,20,23-24,26,36H,4,14-15,18-19H2,1-3H3/t20-,23-,24-,26-/m0/s1. The summed E-state index contributed by atoms with van der Waals surface area (Å²) in [5, 5.41) is 0.979. The van der Waals surface area contributed by atoms with E-state index in [1.165, 1.54) is 0 Å². The maximum absolute atomic E-state index is 13.9. The van der Waals surface area contributed by atoms with E-state index in [9.17, 15) is 14.4 Å². The van der Waals surface area contributed by atoms with Crippen molar-refractivity contribution in [3.8, 4) is 16.9 Å². The maximum Gasteiger partial charge on any atom is 0.292 e. The summed E-state index contributed by atoms with van der Waals surface area (Å²) < 4.78 is 5.43. The summed E-state index contributed by atoms with van der Waals surface area (Å²) >= 11 is 0. The molecule has 9 heteroatoms. The highest BCUT2D eigenvalue weighted by Gasteiger charge is 2.49. The number of carbonyl (C=O) groups is 3. The lowest BCUT2D eigenvalue weighted by atomic mass is 9.85. The molecule has 1 N–H and O–H groups in total. The van der Waals surface area contributed by atoms with Crippen LogP contribution in [0.4, 0.5) is 0 Å². The van der Waals surface area contributed by atoms with Crippen molar-refractivity contribution in [3.05, 3.63) is 78.5 Å². The third-order valence-electron chi connectivity index (χ3n) is 8.93. The number of hydrogen-bond donors (Lipinski definition) is 1. The summed E-state index contributed by atoms with van der Waals surface area (Å²) in [6, 6.07) is 17.1. The van der Waals surface area contributed by atoms with Crippen molar-refractivity contribution in [1.82, 2.24) is 24.8 Å². The van der Waals surface area contributed by atoms with Gasteiger partial charge in [0.05, 0.1) is 24.9 Å². The van der Waals surface area contributed by atoms with Gasteiger partial charge in [0.1, 0.15) is 5.75 Å². The van der Waals surface area contributed by atoms with Crippen LogP contribution in [0, 0.1) is 11.8 Å². The zero-order valence-corrected chi connectivity index (χ0v) is 24.1. The molecule has 4 aromatic rings. The number of nitrogens with one attached hydrogen (secondary N) is 1. The molecular weight excluding hydrogens is 530 g/mol. The largest absolute Gasteiger partial charge is 0.496 e. The number of amides is 2. The molecule has 2 bridgehead atoms. The van der Waals surface area contributed by atoms with Gasteiger partial charge in [-0.05, 0) is 30.5 Å². The molecule has 216 valence electrons. The van der Waals surface area contributed by atoms with Crippen molar-refractivity contribution < 1.29 is 19.1 Å². The summed E-state index contributed by atoms with van der Waals surface area (Å²) in [5.41, 5.74) is 3.06. The number of piperazine rings is 1. The Balaban J connectivity index is 1.12. The highest BCUT2D eigenvalue weighted by atomic mass is 16.5. The number of likely N-dealkylation sites (tertiary alicyclic amines) is 2. The molecule has 2 aliphatic rings. The number of ether oxygens (including phenoxy) is 1. The van der Waals surface area contributed by atoms with Gasteiger partial charge in [0.15, 0.2) is 5.78 Å². The lowest BCUT2D eigenvalue weighted by molar-refractivity contribution is -0.139. The quantitative estimate of drug-likeness (QED) is 0.286. The van der Waals surface area contributed by atoms with Gasteiger partial charge in [-0.15, -0.1) is 0 Å². The molecule has 4 heterocycles. The average Bonchev–Trinajstić information content (AvgIpc) is 3.77. The number of rotatable bonds is 9. The van der Waals surface area contributed by atoms with Crippen molar-refractivity contribution in [2.75, 3.05) is 20.2 Å². The molecular formula is C33H35N5O4. The summed E-state index contributed by atoms with van der Waals surface area (Å²) in [6.07, 6.45) is 4.96. The van der Waals surface area contributed by atoms with E-state index < -0.39 is 5.92 Å². The predicted molar refractivity (Wildman–Crippen MR) is 159 cm³/mol. The van der Waals surface area contributed by atoms with Crippen molar-refractivity contribution in [2.24, 2.45) is 11.8 Å². The number of fused-ring (bicyclic) bond motifs is 3. The van der Waals surface area contributed by atoms with E-state index in [-0.39, 0.29) is 47.8 Å². The highest BCUT2D eigenvalue weighted by Crippen LogP contribution is 2.35. The monoisotopic (exact) mass is 565 g/mol. The van der Waals surface area contributed by atoms with E-state index in [4.69, 9.17) is 4.74 Å². The van der Waals surface area contributed by atoms with Crippen LogP contribution >= 0.6 is 0 Å². The second kappa shape index (κ2) is 11.4. The molecule has 2 saturated heterocycles. The van der Waals surface area contributed by atoms with Gasteiger partial charge in [0.25, 0.3) is 5.91 Å². The van der Waals surface area contributed by atoms with E-state index in [1.807, 2.05) is 73.3 Å². The predicted octanol–water partition coefficient (Wildman–Crippen LogP) is 4.99. The second-order valence-corrected chi connectivity index (χ2v) is 11.4. The minimum absolute atomic E-state index is 0.00539. The number of aromatic amines is 1. The number of methoxy groups -OCH3 is 1. The number of H-pyrrole nitrogens is 1. The van der Waals surface area contributed by atoms with E-state index in [1.54, 1.807) is 24.4 Å². The van der Waals surface area contributed by atoms with E-state index in [0.29, 0.717) is 24.5 Å². The summed E-state index contributed by atoms with van der Waals surface area (Å²) in [7, 11) is 1.61. The van der Waals surface area contributed by atoms with Crippen molar-refractivity contribution in [3.63, 3.8) is 0 Å². The minimum atomic E-state index is -0.414. The molecule has 0 unspecified atom stereocenters. The molecule has 2 fully saturated rings. The Kier molecular flexibility index (Phi) is 7.49. The first-order valence-corrected chi connectivity index (χ1v) is 14.6. The molecule has 2 aromatic heterocycles. The van der Waals surface area contributed by atoms with Crippen LogP contribution in [0.3, 0.4) is 0 Å². The Morgan fingerprint density at radius 3 is 2.38 bits per heavy atom. The number of Topliss-reactive ketones (excluding diaryl/α,β-unsaturated/α-hetero) is 1. The van der Waals surface area contributed by atoms with Crippen molar-refractivity contribution in [2.45, 2.75) is 45.2 Å². The fourth-order valence-corrected chi connectivity index (χ4v) is 6.34. The first-order chi connectivity index (χ1) is 20.4. The van der Waals surface area contributed by atoms with Gasteiger partial charge >= 0.3 is 0 Å². The van der Waals surface area contributed by atoms with Crippen LogP contribution in [0.2, 0.25) is 0 Å². The molecule has 0 aliphatic carbocycles. The van der Waals surface area contributed by atoms with E-state index >= 15 is 0 Å². The number of hydrogen-bond acceptors (Lipinski definition) is 6. The molecule has 6 rings (SSSR count). The summed E-state index contributed by atoms with van der Waals surface area (Å²) in [4.78, 5) is 56.2. The molecule has 0 saturated carbocycles. The third kappa shape index (κ3) is 5.04. The Labute approximate surface area is 244 Å². The Hall–Kier alpha value is -4.53. The van der Waals surface area contributed by atoms with Crippen LogP contribution in [0.15, 0.2) is 67.0 Å². The van der Waals surface area contributed by atoms with Gasteiger partial charge in [-0.2, -0.15) is 0 Å². The topological polar surface area (TPSA) is 108 Å². The number of benzene rings is 2. The van der Waals surface area contributed by atoms with Gasteiger partial charge in [0.2, 0.25) is 11.7 Å². The van der Waals surface area contributed by atoms with Crippen LogP contribution in [0.25, 0.3) is 22.0 Å². The van der Waals surface area contributed by atoms with Crippen LogP contribution in [0.5, 0.6) is 5.75 Å². The average molecular weight is 566 g/mol. The lowest BCUT2D eigenvalue weighted by Crippen LogP contribution is -2.53. The Bertz CT molecular complexity index is 1600. The zero-order valence-electron chi connectivity index (χ0n) is 24.1. The van der Waals surface area contributed by atoms with Crippen LogP contribution in [0.1, 0.15) is 54.2 Å². The van der Waals surface area contributed by atoms with Gasteiger partial charge < -0.3 is 19.5 Å². The zero-order chi connectivity index (χ0) is 29.4. The minimum Gasteiger partial charge on any atom is -0.496 e. The summed E-state index contributed by atoms with van der Waals surface area (Å²) in [5.74, 6) is 0.210. The molecule has 2 aliphatic heterocycles. The van der Waals surface area contributed by atoms with Gasteiger partial charge in [0, 0.05) is 59.9 Å². The smallest absolute Gasteiger partial charge is 0.292 e. The number of aromatic nitrogens is 3. The molecule has 0 spiro atoms. The van der Waals surface area contributed by atoms with Gasteiger partial charge in [-0.3, -0.25) is 14.4 Å². The molecule has 42 heavy (non-hydrogen) atoms. The van der Waals surface area contributed by atoms with Crippen LogP contribution in [-0.2, 0) is 4.79 Å². The van der Waals surface area contributed by atoms with Crippen LogP contribution < -0.4 is 4.74 Å². The second-order valence-electron chi connectivity index (χ2n) is 11.4. The first kappa shape index (κ1) is 27.6.